The average Bonchev–Trinajstić information content (AvgIpc) is 3.19. The Balaban J connectivity index is 1.86. The van der Waals surface area contributed by atoms with Crippen LogP contribution in [0, 0.1) is 11.3 Å². The van der Waals surface area contributed by atoms with Crippen LogP contribution < -0.4 is 11.1 Å². The lowest BCUT2D eigenvalue weighted by atomic mass is 10.4. The van der Waals surface area contributed by atoms with Crippen LogP contribution in [0.15, 0.2) is 12.3 Å². The second-order valence-corrected chi connectivity index (χ2v) is 4.63. The summed E-state index contributed by atoms with van der Waals surface area (Å²) >= 11 is 0. The molecule has 0 bridgehead atoms. The van der Waals surface area contributed by atoms with Gasteiger partial charge in [0.05, 0.1) is 18.2 Å². The van der Waals surface area contributed by atoms with Crippen LogP contribution in [0.1, 0.15) is 35.8 Å². The van der Waals surface area contributed by atoms with E-state index in [9.17, 15) is 9.59 Å². The largest absolute Gasteiger partial charge is 0.451 e. The van der Waals surface area contributed by atoms with E-state index < -0.39 is 11.9 Å². The first-order valence-electron chi connectivity index (χ1n) is 6.40. The summed E-state index contributed by atoms with van der Waals surface area (Å²) in [5.74, 6) is -0.991. The van der Waals surface area contributed by atoms with Crippen molar-refractivity contribution in [1.29, 1.82) is 5.26 Å². The van der Waals surface area contributed by atoms with E-state index in [1.165, 1.54) is 0 Å². The molecule has 1 aliphatic rings. The highest BCUT2D eigenvalue weighted by Crippen LogP contribution is 2.37. The van der Waals surface area contributed by atoms with E-state index in [-0.39, 0.29) is 19.6 Å². The number of nitrogens with one attached hydrogen (secondary N) is 1. The summed E-state index contributed by atoms with van der Waals surface area (Å²) in [5, 5.41) is 10.8. The molecule has 1 heterocycles. The second kappa shape index (κ2) is 6.10. The molecule has 0 radical (unpaired) electrons. The zero-order valence-corrected chi connectivity index (χ0v) is 11.0. The van der Waals surface area contributed by atoms with Crippen molar-refractivity contribution < 1.29 is 14.3 Å². The molecular weight excluding hydrogens is 260 g/mol. The molecular formula is C13H16N4O3. The third-order valence-electron chi connectivity index (χ3n) is 2.91. The molecule has 1 aromatic rings. The lowest BCUT2D eigenvalue weighted by Crippen LogP contribution is -2.29. The third-order valence-corrected chi connectivity index (χ3v) is 2.91. The summed E-state index contributed by atoms with van der Waals surface area (Å²) in [6.45, 7) is -0.113. The van der Waals surface area contributed by atoms with Crippen molar-refractivity contribution in [1.82, 2.24) is 9.88 Å². The van der Waals surface area contributed by atoms with Gasteiger partial charge in [-0.3, -0.25) is 4.79 Å². The number of rotatable bonds is 6. The fourth-order valence-electron chi connectivity index (χ4n) is 1.83. The number of anilines is 1. The Morgan fingerprint density at radius 3 is 2.95 bits per heavy atom. The van der Waals surface area contributed by atoms with Crippen LogP contribution in [0.5, 0.6) is 0 Å². The molecule has 2 rings (SSSR count). The lowest BCUT2D eigenvalue weighted by molar-refractivity contribution is -0.124. The molecule has 0 unspecified atom stereocenters. The summed E-state index contributed by atoms with van der Waals surface area (Å²) in [7, 11) is 0. The Kier molecular flexibility index (Phi) is 4.25. The summed E-state index contributed by atoms with van der Waals surface area (Å²) in [6.07, 6.45) is 3.97. The molecule has 1 aromatic heterocycles. The predicted molar refractivity (Wildman–Crippen MR) is 70.6 cm³/mol. The van der Waals surface area contributed by atoms with Gasteiger partial charge in [0.25, 0.3) is 5.91 Å². The van der Waals surface area contributed by atoms with Gasteiger partial charge in [0.1, 0.15) is 5.69 Å². The third kappa shape index (κ3) is 3.51. The zero-order chi connectivity index (χ0) is 14.5. The minimum Gasteiger partial charge on any atom is -0.451 e. The molecule has 1 saturated carbocycles. The van der Waals surface area contributed by atoms with Crippen LogP contribution in [-0.4, -0.2) is 29.6 Å². The molecule has 1 amide bonds. The Labute approximate surface area is 116 Å². The number of aromatic nitrogens is 1. The molecule has 7 heteroatoms. The van der Waals surface area contributed by atoms with Gasteiger partial charge < -0.3 is 20.4 Å². The highest BCUT2D eigenvalue weighted by atomic mass is 16.5. The predicted octanol–water partition coefficient (Wildman–Crippen LogP) is 0.592. The van der Waals surface area contributed by atoms with Crippen LogP contribution >= 0.6 is 0 Å². The fraction of sp³-hybridized carbons (Fsp3) is 0.462. The van der Waals surface area contributed by atoms with Crippen molar-refractivity contribution in [3.05, 3.63) is 18.0 Å². The van der Waals surface area contributed by atoms with E-state index in [0.717, 1.165) is 12.8 Å². The highest BCUT2D eigenvalue weighted by Gasteiger charge is 2.28. The summed E-state index contributed by atoms with van der Waals surface area (Å²) in [4.78, 5) is 23.3. The van der Waals surface area contributed by atoms with Gasteiger partial charge >= 0.3 is 5.97 Å². The maximum Gasteiger partial charge on any atom is 0.355 e. The van der Waals surface area contributed by atoms with Crippen molar-refractivity contribution in [3.63, 3.8) is 0 Å². The number of ether oxygens (including phenoxy) is 1. The van der Waals surface area contributed by atoms with Gasteiger partial charge in [-0.15, -0.1) is 0 Å². The SMILES string of the molecule is N#CCCNC(=O)COC(=O)c1cc(N)cn1C1CC1. The number of amides is 1. The van der Waals surface area contributed by atoms with E-state index in [2.05, 4.69) is 5.32 Å². The maximum atomic E-state index is 11.9. The molecule has 0 saturated heterocycles. The quantitative estimate of drug-likeness (QED) is 0.583. The van der Waals surface area contributed by atoms with Gasteiger partial charge in [-0.1, -0.05) is 0 Å². The Morgan fingerprint density at radius 2 is 2.30 bits per heavy atom. The number of nitrogen functional groups attached to an aromatic ring is 1. The number of esters is 1. The van der Waals surface area contributed by atoms with Gasteiger partial charge in [0.2, 0.25) is 0 Å². The van der Waals surface area contributed by atoms with Crippen molar-refractivity contribution in [3.8, 4) is 6.07 Å². The smallest absolute Gasteiger partial charge is 0.355 e. The Bertz CT molecular complexity index is 554. The van der Waals surface area contributed by atoms with Gasteiger partial charge in [-0.25, -0.2) is 4.79 Å². The maximum absolute atomic E-state index is 11.9. The van der Waals surface area contributed by atoms with Crippen molar-refractivity contribution in [2.24, 2.45) is 0 Å². The minimum atomic E-state index is -0.566. The van der Waals surface area contributed by atoms with E-state index >= 15 is 0 Å². The van der Waals surface area contributed by atoms with Crippen LogP contribution in [0.3, 0.4) is 0 Å². The molecule has 1 aliphatic carbocycles. The number of nitrogens with zero attached hydrogens (tertiary/aromatic N) is 2. The number of hydrogen-bond acceptors (Lipinski definition) is 5. The summed E-state index contributed by atoms with van der Waals surface area (Å²) in [6, 6.07) is 3.76. The molecule has 106 valence electrons. The van der Waals surface area contributed by atoms with Crippen molar-refractivity contribution in [2.45, 2.75) is 25.3 Å². The van der Waals surface area contributed by atoms with Gasteiger partial charge in [-0.05, 0) is 18.9 Å². The molecule has 0 aliphatic heterocycles. The first kappa shape index (κ1) is 13.9. The molecule has 0 aromatic carbocycles. The highest BCUT2D eigenvalue weighted by molar-refractivity contribution is 5.91. The fourth-order valence-corrected chi connectivity index (χ4v) is 1.83. The Hall–Kier alpha value is -2.49. The molecule has 0 spiro atoms. The van der Waals surface area contributed by atoms with E-state index in [1.54, 1.807) is 16.8 Å². The number of hydrogen-bond donors (Lipinski definition) is 2. The zero-order valence-electron chi connectivity index (χ0n) is 11.0. The Morgan fingerprint density at radius 1 is 1.55 bits per heavy atom. The standard InChI is InChI=1S/C13H16N4O3/c14-4-1-5-16-12(18)8-20-13(19)11-6-9(15)7-17(11)10-2-3-10/h6-7,10H,1-3,5,8,15H2,(H,16,18). The number of carbonyl (C=O) groups is 2. The first-order chi connectivity index (χ1) is 9.61. The van der Waals surface area contributed by atoms with Gasteiger partial charge in [0, 0.05) is 18.8 Å². The normalized spacial score (nSPS) is 13.6. The number of nitrogens with two attached hydrogens (primary N) is 1. The summed E-state index contributed by atoms with van der Waals surface area (Å²) < 4.78 is 6.74. The topological polar surface area (TPSA) is 110 Å². The average molecular weight is 276 g/mol. The van der Waals surface area contributed by atoms with Crippen LogP contribution in [-0.2, 0) is 9.53 Å². The van der Waals surface area contributed by atoms with Gasteiger partial charge in [-0.2, -0.15) is 5.26 Å². The molecule has 7 nitrogen and oxygen atoms in total. The molecule has 1 fully saturated rings. The first-order valence-corrected chi connectivity index (χ1v) is 6.40. The monoisotopic (exact) mass is 276 g/mol. The lowest BCUT2D eigenvalue weighted by Gasteiger charge is -2.08. The van der Waals surface area contributed by atoms with Crippen molar-refractivity contribution >= 4 is 17.6 Å². The molecule has 3 N–H and O–H groups in total. The number of nitriles is 1. The van der Waals surface area contributed by atoms with E-state index in [4.69, 9.17) is 15.7 Å². The van der Waals surface area contributed by atoms with Crippen molar-refractivity contribution in [2.75, 3.05) is 18.9 Å². The van der Waals surface area contributed by atoms with E-state index in [0.29, 0.717) is 17.4 Å². The molecule has 20 heavy (non-hydrogen) atoms. The minimum absolute atomic E-state index is 0.223. The van der Waals surface area contributed by atoms with Crippen LogP contribution in [0.2, 0.25) is 0 Å². The van der Waals surface area contributed by atoms with E-state index in [1.807, 2.05) is 6.07 Å². The van der Waals surface area contributed by atoms with Gasteiger partial charge in [0.15, 0.2) is 6.61 Å². The number of carbonyl (C=O) groups excluding carboxylic acids is 2. The molecule has 0 atom stereocenters. The second-order valence-electron chi connectivity index (χ2n) is 4.63. The van der Waals surface area contributed by atoms with Crippen LogP contribution in [0.4, 0.5) is 5.69 Å². The van der Waals surface area contributed by atoms with Crippen LogP contribution in [0.25, 0.3) is 0 Å². The summed E-state index contributed by atoms with van der Waals surface area (Å²) in [5.41, 5.74) is 6.55.